The summed E-state index contributed by atoms with van der Waals surface area (Å²) in [4.78, 5) is 16.1. The SMILES string of the molecule is CCOC(=O)c1cnc2cc3c(cc2c1Cl)COC3. The van der Waals surface area contributed by atoms with E-state index >= 15 is 0 Å². The Labute approximate surface area is 115 Å². The van der Waals surface area contributed by atoms with Crippen LogP contribution in [0.1, 0.15) is 28.4 Å². The first-order chi connectivity index (χ1) is 9.20. The number of pyridine rings is 1. The predicted octanol–water partition coefficient (Wildman–Crippen LogP) is 3.10. The lowest BCUT2D eigenvalue weighted by Gasteiger charge is -2.08. The van der Waals surface area contributed by atoms with Crippen molar-refractivity contribution in [2.24, 2.45) is 0 Å². The van der Waals surface area contributed by atoms with Crippen LogP contribution in [0, 0.1) is 0 Å². The number of rotatable bonds is 2. The van der Waals surface area contributed by atoms with Crippen molar-refractivity contribution < 1.29 is 14.3 Å². The normalized spacial score (nSPS) is 13.6. The van der Waals surface area contributed by atoms with Gasteiger partial charge in [-0.05, 0) is 30.2 Å². The number of fused-ring (bicyclic) bond motifs is 2. The summed E-state index contributed by atoms with van der Waals surface area (Å²) >= 11 is 6.29. The molecule has 98 valence electrons. The number of ether oxygens (including phenoxy) is 2. The first-order valence-electron chi connectivity index (χ1n) is 6.05. The summed E-state index contributed by atoms with van der Waals surface area (Å²) in [5, 5.41) is 1.15. The molecule has 0 N–H and O–H groups in total. The summed E-state index contributed by atoms with van der Waals surface area (Å²) in [5.41, 5.74) is 3.29. The van der Waals surface area contributed by atoms with Crippen LogP contribution in [0.25, 0.3) is 10.9 Å². The summed E-state index contributed by atoms with van der Waals surface area (Å²) in [7, 11) is 0. The van der Waals surface area contributed by atoms with Crippen molar-refractivity contribution in [1.82, 2.24) is 4.98 Å². The van der Waals surface area contributed by atoms with E-state index in [1.807, 2.05) is 12.1 Å². The first-order valence-corrected chi connectivity index (χ1v) is 6.43. The minimum absolute atomic E-state index is 0.301. The molecule has 0 atom stereocenters. The van der Waals surface area contributed by atoms with Crippen molar-refractivity contribution in [3.05, 3.63) is 40.0 Å². The monoisotopic (exact) mass is 277 g/mol. The number of nitrogens with zero attached hydrogens (tertiary/aromatic N) is 1. The van der Waals surface area contributed by atoms with Gasteiger partial charge in [-0.2, -0.15) is 0 Å². The molecule has 0 bridgehead atoms. The minimum Gasteiger partial charge on any atom is -0.462 e. The van der Waals surface area contributed by atoms with Crippen molar-refractivity contribution >= 4 is 28.5 Å². The average molecular weight is 278 g/mol. The Morgan fingerprint density at radius 2 is 2.16 bits per heavy atom. The molecular weight excluding hydrogens is 266 g/mol. The maximum absolute atomic E-state index is 11.8. The predicted molar refractivity (Wildman–Crippen MR) is 71.2 cm³/mol. The van der Waals surface area contributed by atoms with Crippen molar-refractivity contribution in [1.29, 1.82) is 0 Å². The molecule has 5 heteroatoms. The Kier molecular flexibility index (Phi) is 3.12. The molecule has 1 aliphatic heterocycles. The molecule has 0 aliphatic carbocycles. The standard InChI is InChI=1S/C14H12ClNO3/c1-2-19-14(17)11-5-16-12-4-9-7-18-6-8(9)3-10(12)13(11)15/h3-5H,2,6-7H2,1H3. The smallest absolute Gasteiger partial charge is 0.341 e. The Morgan fingerprint density at radius 3 is 2.89 bits per heavy atom. The molecule has 0 saturated carbocycles. The van der Waals surface area contributed by atoms with E-state index in [4.69, 9.17) is 21.1 Å². The molecule has 3 rings (SSSR count). The van der Waals surface area contributed by atoms with Crippen molar-refractivity contribution in [2.45, 2.75) is 20.1 Å². The van der Waals surface area contributed by atoms with E-state index in [-0.39, 0.29) is 0 Å². The highest BCUT2D eigenvalue weighted by Crippen LogP contribution is 2.31. The first kappa shape index (κ1) is 12.4. The largest absolute Gasteiger partial charge is 0.462 e. The second kappa shape index (κ2) is 4.79. The number of hydrogen-bond donors (Lipinski definition) is 0. The van der Waals surface area contributed by atoms with E-state index < -0.39 is 5.97 Å². The van der Waals surface area contributed by atoms with Crippen LogP contribution in [0.15, 0.2) is 18.3 Å². The number of hydrogen-bond acceptors (Lipinski definition) is 4. The Balaban J connectivity index is 2.16. The van der Waals surface area contributed by atoms with Crippen molar-refractivity contribution in [3.63, 3.8) is 0 Å². The van der Waals surface area contributed by atoms with Gasteiger partial charge in [0.25, 0.3) is 0 Å². The topological polar surface area (TPSA) is 48.4 Å². The number of carbonyl (C=O) groups excluding carboxylic acids is 1. The van der Waals surface area contributed by atoms with E-state index in [9.17, 15) is 4.79 Å². The summed E-state index contributed by atoms with van der Waals surface area (Å²) < 4.78 is 10.3. The Hall–Kier alpha value is -1.65. The number of halogens is 1. The molecule has 2 aromatic rings. The van der Waals surface area contributed by atoms with E-state index in [1.165, 1.54) is 6.20 Å². The summed E-state index contributed by atoms with van der Waals surface area (Å²) in [6.07, 6.45) is 1.46. The van der Waals surface area contributed by atoms with Gasteiger partial charge in [-0.3, -0.25) is 4.98 Å². The molecule has 4 nitrogen and oxygen atoms in total. The molecule has 0 fully saturated rings. The van der Waals surface area contributed by atoms with Gasteiger partial charge in [-0.15, -0.1) is 0 Å². The molecule has 19 heavy (non-hydrogen) atoms. The zero-order chi connectivity index (χ0) is 13.4. The highest BCUT2D eigenvalue weighted by molar-refractivity contribution is 6.38. The van der Waals surface area contributed by atoms with E-state index in [0.717, 1.165) is 22.0 Å². The number of aromatic nitrogens is 1. The highest BCUT2D eigenvalue weighted by Gasteiger charge is 2.18. The zero-order valence-corrected chi connectivity index (χ0v) is 11.2. The molecule has 1 aromatic heterocycles. The second-order valence-corrected chi connectivity index (χ2v) is 4.72. The third-order valence-electron chi connectivity index (χ3n) is 3.13. The number of carbonyl (C=O) groups is 1. The quantitative estimate of drug-likeness (QED) is 0.792. The van der Waals surface area contributed by atoms with Crippen LogP contribution in [-0.4, -0.2) is 17.6 Å². The van der Waals surface area contributed by atoms with E-state index in [2.05, 4.69) is 4.98 Å². The molecule has 0 saturated heterocycles. The van der Waals surface area contributed by atoms with Gasteiger partial charge < -0.3 is 9.47 Å². The Morgan fingerprint density at radius 1 is 1.42 bits per heavy atom. The highest BCUT2D eigenvalue weighted by atomic mass is 35.5. The lowest BCUT2D eigenvalue weighted by molar-refractivity contribution is 0.0526. The average Bonchev–Trinajstić information content (AvgIpc) is 2.84. The fourth-order valence-corrected chi connectivity index (χ4v) is 2.46. The summed E-state index contributed by atoms with van der Waals surface area (Å²) in [6, 6.07) is 3.90. The van der Waals surface area contributed by atoms with Gasteiger partial charge in [0.15, 0.2) is 0 Å². The lowest BCUT2D eigenvalue weighted by Crippen LogP contribution is -2.06. The van der Waals surface area contributed by atoms with Crippen LogP contribution in [0.4, 0.5) is 0 Å². The van der Waals surface area contributed by atoms with Crippen LogP contribution < -0.4 is 0 Å². The number of benzene rings is 1. The fourth-order valence-electron chi connectivity index (χ4n) is 2.19. The van der Waals surface area contributed by atoms with Crippen LogP contribution in [-0.2, 0) is 22.7 Å². The van der Waals surface area contributed by atoms with Gasteiger partial charge in [0.1, 0.15) is 0 Å². The molecule has 0 radical (unpaired) electrons. The van der Waals surface area contributed by atoms with E-state index in [0.29, 0.717) is 30.4 Å². The Bertz CT molecular complexity index is 669. The van der Waals surface area contributed by atoms with Gasteiger partial charge in [0.2, 0.25) is 0 Å². The third kappa shape index (κ3) is 2.07. The van der Waals surface area contributed by atoms with Gasteiger partial charge in [-0.25, -0.2) is 4.79 Å². The lowest BCUT2D eigenvalue weighted by atomic mass is 10.1. The minimum atomic E-state index is -0.446. The second-order valence-electron chi connectivity index (χ2n) is 4.34. The van der Waals surface area contributed by atoms with Crippen LogP contribution in [0.5, 0.6) is 0 Å². The molecule has 1 aromatic carbocycles. The number of esters is 1. The van der Waals surface area contributed by atoms with Gasteiger partial charge in [0, 0.05) is 11.6 Å². The molecular formula is C14H12ClNO3. The molecule has 0 unspecified atom stereocenters. The van der Waals surface area contributed by atoms with Crippen molar-refractivity contribution in [2.75, 3.05) is 6.61 Å². The maximum Gasteiger partial charge on any atom is 0.341 e. The molecule has 2 heterocycles. The zero-order valence-electron chi connectivity index (χ0n) is 10.4. The van der Waals surface area contributed by atoms with Gasteiger partial charge in [-0.1, -0.05) is 11.6 Å². The van der Waals surface area contributed by atoms with E-state index in [1.54, 1.807) is 6.92 Å². The molecule has 0 amide bonds. The van der Waals surface area contributed by atoms with Crippen LogP contribution in [0.3, 0.4) is 0 Å². The summed E-state index contributed by atoms with van der Waals surface area (Å²) in [5.74, 6) is -0.446. The molecule has 0 spiro atoms. The fraction of sp³-hybridized carbons (Fsp3) is 0.286. The third-order valence-corrected chi connectivity index (χ3v) is 3.54. The molecule has 1 aliphatic rings. The summed E-state index contributed by atoms with van der Waals surface area (Å²) in [6.45, 7) is 3.24. The maximum atomic E-state index is 11.8. The van der Waals surface area contributed by atoms with Crippen LogP contribution in [0.2, 0.25) is 5.02 Å². The van der Waals surface area contributed by atoms with Crippen molar-refractivity contribution in [3.8, 4) is 0 Å². The van der Waals surface area contributed by atoms with Gasteiger partial charge >= 0.3 is 5.97 Å². The van der Waals surface area contributed by atoms with Crippen LogP contribution >= 0.6 is 11.6 Å². The van der Waals surface area contributed by atoms with Gasteiger partial charge in [0.05, 0.1) is 35.9 Å².